The van der Waals surface area contributed by atoms with E-state index >= 15 is 0 Å². The Bertz CT molecular complexity index is 1240. The molecule has 0 spiro atoms. The molecule has 0 amide bonds. The van der Waals surface area contributed by atoms with Crippen molar-refractivity contribution in [1.29, 1.82) is 0 Å². The van der Waals surface area contributed by atoms with Crippen molar-refractivity contribution >= 4 is 33.4 Å². The van der Waals surface area contributed by atoms with Crippen molar-refractivity contribution in [2.45, 2.75) is 19.4 Å². The Morgan fingerprint density at radius 2 is 2.13 bits per heavy atom. The van der Waals surface area contributed by atoms with Gasteiger partial charge in [-0.15, -0.1) is 0 Å². The number of nitrogens with two attached hydrogens (primary N) is 1. The Morgan fingerprint density at radius 3 is 2.83 bits per heavy atom. The van der Waals surface area contributed by atoms with Gasteiger partial charge >= 0.3 is 6.01 Å². The molecule has 5 rings (SSSR count). The standard InChI is InChI=1S/C21H22FN7O/c1-11-3-4-13(9-25-11)30-21-27-19-16(20(28-21)29-8-7-12(23)10-29)14-5-6-15(22)18(24-2)17(14)26-19/h3-6,9,12,24H,7-8,10,23H2,1-2H3,(H,26,27,28)/t12-/m1/s1. The molecule has 1 fully saturated rings. The minimum absolute atomic E-state index is 0.0798. The molecule has 0 unspecified atom stereocenters. The van der Waals surface area contributed by atoms with E-state index in [4.69, 9.17) is 15.5 Å². The van der Waals surface area contributed by atoms with Crippen molar-refractivity contribution in [3.63, 3.8) is 0 Å². The zero-order valence-electron chi connectivity index (χ0n) is 16.7. The summed E-state index contributed by atoms with van der Waals surface area (Å²) in [5, 5.41) is 4.59. The average molecular weight is 407 g/mol. The molecule has 4 N–H and O–H groups in total. The van der Waals surface area contributed by atoms with Gasteiger partial charge in [0.1, 0.15) is 23.0 Å². The second-order valence-corrected chi connectivity index (χ2v) is 7.51. The van der Waals surface area contributed by atoms with E-state index in [-0.39, 0.29) is 17.9 Å². The van der Waals surface area contributed by atoms with Crippen LogP contribution in [0.1, 0.15) is 12.1 Å². The molecule has 0 saturated carbocycles. The highest BCUT2D eigenvalue weighted by Crippen LogP contribution is 2.38. The van der Waals surface area contributed by atoms with E-state index in [0.29, 0.717) is 29.1 Å². The molecule has 4 aromatic rings. The number of benzene rings is 1. The fourth-order valence-corrected chi connectivity index (χ4v) is 3.92. The first-order valence-corrected chi connectivity index (χ1v) is 9.84. The Labute approximate surface area is 172 Å². The maximum absolute atomic E-state index is 14.3. The van der Waals surface area contributed by atoms with E-state index in [9.17, 15) is 4.39 Å². The van der Waals surface area contributed by atoms with Gasteiger partial charge in [-0.3, -0.25) is 4.98 Å². The predicted octanol–water partition coefficient (Wildman–Crippen LogP) is 3.33. The van der Waals surface area contributed by atoms with Gasteiger partial charge in [0.2, 0.25) is 0 Å². The lowest BCUT2D eigenvalue weighted by atomic mass is 10.1. The number of fused-ring (bicyclic) bond motifs is 3. The summed E-state index contributed by atoms with van der Waals surface area (Å²) >= 11 is 0. The highest BCUT2D eigenvalue weighted by Gasteiger charge is 2.26. The van der Waals surface area contributed by atoms with Crippen molar-refractivity contribution < 1.29 is 9.13 Å². The summed E-state index contributed by atoms with van der Waals surface area (Å²) < 4.78 is 20.2. The van der Waals surface area contributed by atoms with Crippen LogP contribution in [0, 0.1) is 12.7 Å². The number of rotatable bonds is 4. The van der Waals surface area contributed by atoms with Crippen LogP contribution >= 0.6 is 0 Å². The molecule has 4 heterocycles. The van der Waals surface area contributed by atoms with Gasteiger partial charge in [0, 0.05) is 37.3 Å². The Kier molecular flexibility index (Phi) is 4.39. The third-order valence-corrected chi connectivity index (χ3v) is 5.40. The molecule has 1 atom stereocenters. The van der Waals surface area contributed by atoms with Crippen molar-refractivity contribution in [3.8, 4) is 11.8 Å². The van der Waals surface area contributed by atoms with Crippen molar-refractivity contribution in [3.05, 3.63) is 42.0 Å². The number of nitrogens with zero attached hydrogens (tertiary/aromatic N) is 4. The average Bonchev–Trinajstić information content (AvgIpc) is 3.32. The number of nitrogens with one attached hydrogen (secondary N) is 2. The van der Waals surface area contributed by atoms with Crippen LogP contribution in [0.2, 0.25) is 0 Å². The zero-order chi connectivity index (χ0) is 20.8. The number of aromatic amines is 1. The molecule has 0 radical (unpaired) electrons. The van der Waals surface area contributed by atoms with Crippen molar-refractivity contribution in [2.75, 3.05) is 30.4 Å². The molecular weight excluding hydrogens is 385 g/mol. The molecule has 3 aromatic heterocycles. The Balaban J connectivity index is 1.71. The van der Waals surface area contributed by atoms with Crippen LogP contribution < -0.4 is 20.7 Å². The van der Waals surface area contributed by atoms with Crippen LogP contribution in [0.3, 0.4) is 0 Å². The van der Waals surface area contributed by atoms with Crippen LogP contribution in [0.5, 0.6) is 11.8 Å². The number of pyridine rings is 1. The summed E-state index contributed by atoms with van der Waals surface area (Å²) in [6.45, 7) is 3.37. The Hall–Kier alpha value is -3.46. The minimum Gasteiger partial charge on any atom is -0.423 e. The molecular formula is C21H22FN7O. The first-order valence-electron chi connectivity index (χ1n) is 9.84. The summed E-state index contributed by atoms with van der Waals surface area (Å²) in [5.74, 6) is 0.932. The van der Waals surface area contributed by atoms with E-state index in [1.165, 1.54) is 6.07 Å². The summed E-state index contributed by atoms with van der Waals surface area (Å²) in [7, 11) is 1.69. The molecule has 9 heteroatoms. The van der Waals surface area contributed by atoms with Gasteiger partial charge < -0.3 is 25.7 Å². The fraction of sp³-hybridized carbons (Fsp3) is 0.286. The number of ether oxygens (including phenoxy) is 1. The highest BCUT2D eigenvalue weighted by atomic mass is 19.1. The number of aromatic nitrogens is 4. The first-order chi connectivity index (χ1) is 14.5. The lowest BCUT2D eigenvalue weighted by molar-refractivity contribution is 0.442. The lowest BCUT2D eigenvalue weighted by Gasteiger charge is -2.18. The van der Waals surface area contributed by atoms with Crippen molar-refractivity contribution in [1.82, 2.24) is 19.9 Å². The molecule has 1 aliphatic rings. The van der Waals surface area contributed by atoms with Crippen LogP contribution in [0.4, 0.5) is 15.9 Å². The number of halogens is 1. The number of aryl methyl sites for hydroxylation is 1. The SMILES string of the molecule is CNc1c(F)ccc2c1[nH]c1nc(Oc3ccc(C)nc3)nc(N3CC[C@@H](N)C3)c12. The van der Waals surface area contributed by atoms with Gasteiger partial charge in [-0.2, -0.15) is 9.97 Å². The maximum atomic E-state index is 14.3. The normalized spacial score (nSPS) is 16.5. The first kappa shape index (κ1) is 18.6. The van der Waals surface area contributed by atoms with Gasteiger partial charge in [-0.05, 0) is 37.6 Å². The molecule has 154 valence electrons. The van der Waals surface area contributed by atoms with Crippen LogP contribution in [-0.2, 0) is 0 Å². The van der Waals surface area contributed by atoms with E-state index in [1.54, 1.807) is 19.3 Å². The summed E-state index contributed by atoms with van der Waals surface area (Å²) in [4.78, 5) is 18.9. The van der Waals surface area contributed by atoms with Crippen LogP contribution in [0.15, 0.2) is 30.5 Å². The minimum atomic E-state index is -0.337. The number of hydrogen-bond donors (Lipinski definition) is 3. The highest BCUT2D eigenvalue weighted by molar-refractivity contribution is 6.14. The zero-order valence-corrected chi connectivity index (χ0v) is 16.7. The lowest BCUT2D eigenvalue weighted by Crippen LogP contribution is -2.27. The molecule has 1 aliphatic heterocycles. The van der Waals surface area contributed by atoms with Gasteiger partial charge in [-0.1, -0.05) is 0 Å². The quantitative estimate of drug-likeness (QED) is 0.477. The van der Waals surface area contributed by atoms with E-state index < -0.39 is 0 Å². The van der Waals surface area contributed by atoms with E-state index in [0.717, 1.165) is 35.2 Å². The molecule has 0 aliphatic carbocycles. The second kappa shape index (κ2) is 7.10. The monoisotopic (exact) mass is 407 g/mol. The molecule has 8 nitrogen and oxygen atoms in total. The van der Waals surface area contributed by atoms with Gasteiger partial charge in [-0.25, -0.2) is 4.39 Å². The largest absolute Gasteiger partial charge is 0.423 e. The predicted molar refractivity (Wildman–Crippen MR) is 115 cm³/mol. The molecule has 1 saturated heterocycles. The summed E-state index contributed by atoms with van der Waals surface area (Å²) in [6.07, 6.45) is 2.51. The summed E-state index contributed by atoms with van der Waals surface area (Å²) in [5.41, 5.74) is 8.64. The third-order valence-electron chi connectivity index (χ3n) is 5.40. The Morgan fingerprint density at radius 1 is 1.27 bits per heavy atom. The van der Waals surface area contributed by atoms with Gasteiger partial charge in [0.25, 0.3) is 0 Å². The smallest absolute Gasteiger partial charge is 0.326 e. The molecule has 1 aromatic carbocycles. The van der Waals surface area contributed by atoms with E-state index in [2.05, 4.69) is 25.2 Å². The van der Waals surface area contributed by atoms with E-state index in [1.807, 2.05) is 19.1 Å². The third kappa shape index (κ3) is 3.07. The van der Waals surface area contributed by atoms with Gasteiger partial charge in [0.15, 0.2) is 0 Å². The maximum Gasteiger partial charge on any atom is 0.326 e. The summed E-state index contributed by atoms with van der Waals surface area (Å²) in [6, 6.07) is 7.15. The van der Waals surface area contributed by atoms with Crippen molar-refractivity contribution in [2.24, 2.45) is 5.73 Å². The van der Waals surface area contributed by atoms with Crippen LogP contribution in [0.25, 0.3) is 21.9 Å². The van der Waals surface area contributed by atoms with Gasteiger partial charge in [0.05, 0.1) is 22.8 Å². The molecule has 30 heavy (non-hydrogen) atoms. The topological polar surface area (TPSA) is 105 Å². The number of hydrogen-bond acceptors (Lipinski definition) is 7. The van der Waals surface area contributed by atoms with Crippen LogP contribution in [-0.4, -0.2) is 46.1 Å². The number of anilines is 2. The fourth-order valence-electron chi connectivity index (χ4n) is 3.92. The number of H-pyrrole nitrogens is 1. The molecule has 0 bridgehead atoms. The second-order valence-electron chi connectivity index (χ2n) is 7.51.